The average molecular weight is 329 g/mol. The van der Waals surface area contributed by atoms with Crippen LogP contribution in [0.2, 0.25) is 0 Å². The fourth-order valence-corrected chi connectivity index (χ4v) is 3.13. The van der Waals surface area contributed by atoms with Crippen LogP contribution in [-0.2, 0) is 17.8 Å². The number of ether oxygens (including phenoxy) is 2. The van der Waals surface area contributed by atoms with Crippen LogP contribution < -0.4 is 4.74 Å². The molecule has 0 aliphatic carbocycles. The number of rotatable bonds is 8. The lowest BCUT2D eigenvalue weighted by Gasteiger charge is -2.25. The van der Waals surface area contributed by atoms with Gasteiger partial charge in [-0.3, -0.25) is 9.58 Å². The van der Waals surface area contributed by atoms with Crippen LogP contribution >= 0.6 is 0 Å². The van der Waals surface area contributed by atoms with Gasteiger partial charge in [-0.25, -0.2) is 0 Å². The first-order valence-electron chi connectivity index (χ1n) is 8.70. The summed E-state index contributed by atoms with van der Waals surface area (Å²) in [5, 5.41) is 4.49. The number of nitrogens with zero attached hydrogens (tertiary/aromatic N) is 3. The Kier molecular flexibility index (Phi) is 5.88. The van der Waals surface area contributed by atoms with Gasteiger partial charge in [0.05, 0.1) is 25.5 Å². The van der Waals surface area contributed by atoms with Crippen molar-refractivity contribution < 1.29 is 9.47 Å². The van der Waals surface area contributed by atoms with E-state index in [1.165, 1.54) is 18.4 Å². The third-order valence-corrected chi connectivity index (χ3v) is 4.47. The van der Waals surface area contributed by atoms with E-state index in [9.17, 15) is 0 Å². The van der Waals surface area contributed by atoms with Crippen molar-refractivity contribution in [3.8, 4) is 5.75 Å². The summed E-state index contributed by atoms with van der Waals surface area (Å²) in [5.41, 5.74) is 2.36. The Bertz CT molecular complexity index is 618. The molecule has 5 nitrogen and oxygen atoms in total. The van der Waals surface area contributed by atoms with E-state index < -0.39 is 0 Å². The van der Waals surface area contributed by atoms with Gasteiger partial charge < -0.3 is 9.47 Å². The van der Waals surface area contributed by atoms with Gasteiger partial charge in [0.2, 0.25) is 0 Å². The summed E-state index contributed by atoms with van der Waals surface area (Å²) in [6, 6.07) is 10.4. The minimum absolute atomic E-state index is 0.364. The van der Waals surface area contributed by atoms with E-state index in [4.69, 9.17) is 9.47 Å². The van der Waals surface area contributed by atoms with Gasteiger partial charge in [0.15, 0.2) is 0 Å². The molecule has 0 amide bonds. The summed E-state index contributed by atoms with van der Waals surface area (Å²) < 4.78 is 13.1. The molecule has 24 heavy (non-hydrogen) atoms. The average Bonchev–Trinajstić information content (AvgIpc) is 3.25. The van der Waals surface area contributed by atoms with Gasteiger partial charge in [0, 0.05) is 32.4 Å². The molecule has 1 aromatic heterocycles. The lowest BCUT2D eigenvalue weighted by Crippen LogP contribution is -2.34. The molecule has 0 bridgehead atoms. The molecule has 1 saturated heterocycles. The molecule has 2 aromatic rings. The number of aryl methyl sites for hydroxylation is 1. The fraction of sp³-hybridized carbons (Fsp3) is 0.526. The van der Waals surface area contributed by atoms with Gasteiger partial charge in [0.25, 0.3) is 0 Å². The van der Waals surface area contributed by atoms with Gasteiger partial charge >= 0.3 is 0 Å². The van der Waals surface area contributed by atoms with Crippen LogP contribution in [0.3, 0.4) is 0 Å². The quantitative estimate of drug-likeness (QED) is 0.746. The summed E-state index contributed by atoms with van der Waals surface area (Å²) in [5.74, 6) is 0.899. The molecule has 0 radical (unpaired) electrons. The first-order valence-corrected chi connectivity index (χ1v) is 8.70. The molecule has 1 aromatic carbocycles. The maximum atomic E-state index is 5.83. The zero-order chi connectivity index (χ0) is 16.8. The number of methoxy groups -OCH3 is 1. The maximum absolute atomic E-state index is 5.83. The summed E-state index contributed by atoms with van der Waals surface area (Å²) in [4.78, 5) is 2.47. The predicted molar refractivity (Wildman–Crippen MR) is 94.2 cm³/mol. The topological polar surface area (TPSA) is 39.5 Å². The highest BCUT2D eigenvalue weighted by atomic mass is 16.5. The van der Waals surface area contributed by atoms with E-state index in [0.29, 0.717) is 6.10 Å². The highest BCUT2D eigenvalue weighted by Crippen LogP contribution is 2.17. The van der Waals surface area contributed by atoms with Gasteiger partial charge in [-0.2, -0.15) is 5.10 Å². The molecule has 0 saturated carbocycles. The minimum atomic E-state index is 0.364. The van der Waals surface area contributed by atoms with Crippen LogP contribution in [-0.4, -0.2) is 47.6 Å². The van der Waals surface area contributed by atoms with Crippen molar-refractivity contribution in [3.05, 3.63) is 47.8 Å². The smallest absolute Gasteiger partial charge is 0.118 e. The molecule has 2 heterocycles. The van der Waals surface area contributed by atoms with E-state index in [1.807, 2.05) is 36.0 Å². The number of hydrogen-bond donors (Lipinski definition) is 0. The lowest BCUT2D eigenvalue weighted by molar-refractivity contribution is 0.0689. The van der Waals surface area contributed by atoms with Gasteiger partial charge in [-0.15, -0.1) is 0 Å². The molecule has 0 N–H and O–H groups in total. The third kappa shape index (κ3) is 4.82. The molecule has 3 rings (SSSR count). The second-order valence-electron chi connectivity index (χ2n) is 6.44. The molecule has 1 aliphatic rings. The molecule has 1 aliphatic heterocycles. The van der Waals surface area contributed by atoms with Crippen molar-refractivity contribution in [1.82, 2.24) is 14.7 Å². The standard InChI is InChI=1S/C19H27N3O2/c1-16-9-10-22(20-16)12-11-21(15-19-4-3-13-24-19)14-17-5-7-18(23-2)8-6-17/h5-10,19H,3-4,11-15H2,1-2H3. The Morgan fingerprint density at radius 3 is 2.75 bits per heavy atom. The van der Waals surface area contributed by atoms with Crippen molar-refractivity contribution in [1.29, 1.82) is 0 Å². The van der Waals surface area contributed by atoms with Crippen molar-refractivity contribution in [2.45, 2.75) is 39.0 Å². The Labute approximate surface area is 144 Å². The van der Waals surface area contributed by atoms with E-state index in [1.54, 1.807) is 7.11 Å². The Morgan fingerprint density at radius 1 is 1.29 bits per heavy atom. The zero-order valence-electron chi connectivity index (χ0n) is 14.6. The van der Waals surface area contributed by atoms with Gasteiger partial charge in [-0.05, 0) is 43.5 Å². The monoisotopic (exact) mass is 329 g/mol. The lowest BCUT2D eigenvalue weighted by atomic mass is 10.1. The highest BCUT2D eigenvalue weighted by molar-refractivity contribution is 5.27. The third-order valence-electron chi connectivity index (χ3n) is 4.47. The summed E-state index contributed by atoms with van der Waals surface area (Å²) in [6.45, 7) is 6.69. The van der Waals surface area contributed by atoms with Crippen molar-refractivity contribution in [3.63, 3.8) is 0 Å². The second kappa shape index (κ2) is 8.31. The van der Waals surface area contributed by atoms with Crippen LogP contribution in [0, 0.1) is 6.92 Å². The summed E-state index contributed by atoms with van der Waals surface area (Å²) in [6.07, 6.45) is 4.76. The fourth-order valence-electron chi connectivity index (χ4n) is 3.13. The van der Waals surface area contributed by atoms with E-state index in [2.05, 4.69) is 22.1 Å². The predicted octanol–water partition coefficient (Wildman–Crippen LogP) is 2.88. The van der Waals surface area contributed by atoms with Crippen LogP contribution in [0.4, 0.5) is 0 Å². The van der Waals surface area contributed by atoms with Crippen molar-refractivity contribution >= 4 is 0 Å². The molecular weight excluding hydrogens is 302 g/mol. The molecule has 1 fully saturated rings. The highest BCUT2D eigenvalue weighted by Gasteiger charge is 2.19. The maximum Gasteiger partial charge on any atom is 0.118 e. The zero-order valence-corrected chi connectivity index (χ0v) is 14.6. The van der Waals surface area contributed by atoms with E-state index >= 15 is 0 Å². The van der Waals surface area contributed by atoms with Crippen molar-refractivity contribution in [2.24, 2.45) is 0 Å². The summed E-state index contributed by atoms with van der Waals surface area (Å²) >= 11 is 0. The van der Waals surface area contributed by atoms with E-state index in [-0.39, 0.29) is 0 Å². The molecule has 1 unspecified atom stereocenters. The van der Waals surface area contributed by atoms with Crippen LogP contribution in [0.5, 0.6) is 5.75 Å². The van der Waals surface area contributed by atoms with Crippen LogP contribution in [0.15, 0.2) is 36.5 Å². The SMILES string of the molecule is COc1ccc(CN(CCn2ccc(C)n2)CC2CCCO2)cc1. The first kappa shape index (κ1) is 17.0. The molecule has 1 atom stereocenters. The molecule has 0 spiro atoms. The van der Waals surface area contributed by atoms with Gasteiger partial charge in [-0.1, -0.05) is 12.1 Å². The molecular formula is C19H27N3O2. The van der Waals surface area contributed by atoms with Crippen molar-refractivity contribution in [2.75, 3.05) is 26.8 Å². The number of aromatic nitrogens is 2. The van der Waals surface area contributed by atoms with Gasteiger partial charge in [0.1, 0.15) is 5.75 Å². The first-order chi connectivity index (χ1) is 11.7. The van der Waals surface area contributed by atoms with Crippen LogP contribution in [0.25, 0.3) is 0 Å². The Morgan fingerprint density at radius 2 is 2.12 bits per heavy atom. The Balaban J connectivity index is 1.61. The van der Waals surface area contributed by atoms with E-state index in [0.717, 1.165) is 44.2 Å². The summed E-state index contributed by atoms with van der Waals surface area (Å²) in [7, 11) is 1.70. The largest absolute Gasteiger partial charge is 0.497 e. The minimum Gasteiger partial charge on any atom is -0.497 e. The number of hydrogen-bond acceptors (Lipinski definition) is 4. The Hall–Kier alpha value is -1.85. The second-order valence-corrected chi connectivity index (χ2v) is 6.44. The normalized spacial score (nSPS) is 17.5. The number of benzene rings is 1. The molecule has 5 heteroatoms. The molecule has 130 valence electrons. The van der Waals surface area contributed by atoms with Crippen LogP contribution in [0.1, 0.15) is 24.1 Å².